The highest BCUT2D eigenvalue weighted by Gasteiger charge is 2.41. The molecule has 0 spiro atoms. The predicted octanol–water partition coefficient (Wildman–Crippen LogP) is 2.64. The largest absolute Gasteiger partial charge is 0.379 e. The number of rotatable bonds is 4. The Morgan fingerprint density at radius 1 is 0.972 bits per heavy atom. The zero-order valence-electron chi connectivity index (χ0n) is 20.4. The van der Waals surface area contributed by atoms with Gasteiger partial charge in [-0.3, -0.25) is 4.79 Å². The van der Waals surface area contributed by atoms with E-state index in [1.807, 2.05) is 30.3 Å². The first-order valence-corrected chi connectivity index (χ1v) is 12.9. The number of hydrogen-bond acceptors (Lipinski definition) is 8. The number of carbonyl (C=O) groups excluding carboxylic acids is 1. The van der Waals surface area contributed by atoms with Crippen LogP contribution in [0, 0.1) is 5.92 Å². The number of hydrogen-bond donors (Lipinski definition) is 1. The van der Waals surface area contributed by atoms with E-state index in [0.717, 1.165) is 80.6 Å². The molecule has 4 unspecified atom stereocenters. The minimum Gasteiger partial charge on any atom is -0.379 e. The van der Waals surface area contributed by atoms with Gasteiger partial charge in [0.2, 0.25) is 5.95 Å². The third-order valence-corrected chi connectivity index (χ3v) is 8.08. The maximum atomic E-state index is 12.2. The van der Waals surface area contributed by atoms with Crippen LogP contribution in [-0.4, -0.2) is 79.0 Å². The first kappa shape index (κ1) is 21.9. The van der Waals surface area contributed by atoms with E-state index in [0.29, 0.717) is 35.3 Å². The van der Waals surface area contributed by atoms with Crippen LogP contribution in [0.3, 0.4) is 0 Å². The van der Waals surface area contributed by atoms with Crippen molar-refractivity contribution < 1.29 is 14.3 Å². The average molecular weight is 487 g/mol. The van der Waals surface area contributed by atoms with Gasteiger partial charge in [0.15, 0.2) is 5.65 Å². The molecule has 9 nitrogen and oxygen atoms in total. The molecular weight excluding hydrogens is 456 g/mol. The number of nitrogens with zero attached hydrogens (tertiary/aromatic N) is 5. The molecule has 1 aromatic carbocycles. The second kappa shape index (κ2) is 8.67. The van der Waals surface area contributed by atoms with Crippen molar-refractivity contribution >= 4 is 28.7 Å². The summed E-state index contributed by atoms with van der Waals surface area (Å²) in [6, 6.07) is 12.6. The Balaban J connectivity index is 1.36. The van der Waals surface area contributed by atoms with Crippen LogP contribution in [0.25, 0.3) is 22.3 Å². The molecule has 9 heteroatoms. The van der Waals surface area contributed by atoms with Crippen molar-refractivity contribution in [1.82, 2.24) is 20.3 Å². The lowest BCUT2D eigenvalue weighted by Gasteiger charge is -2.36. The minimum absolute atomic E-state index is 0.116. The SMILES string of the molecule is CNC(=O)c1cccc(-c2ccc3c(N4C5CCC4COC5)nc(N4CC5COCC4C5)nc3n2)c1. The summed E-state index contributed by atoms with van der Waals surface area (Å²) in [4.78, 5) is 32.2. The number of nitrogens with one attached hydrogen (secondary N) is 1. The molecule has 36 heavy (non-hydrogen) atoms. The van der Waals surface area contributed by atoms with Gasteiger partial charge in [0.1, 0.15) is 5.82 Å². The summed E-state index contributed by atoms with van der Waals surface area (Å²) < 4.78 is 11.7. The van der Waals surface area contributed by atoms with Crippen LogP contribution in [0.2, 0.25) is 0 Å². The van der Waals surface area contributed by atoms with E-state index < -0.39 is 0 Å². The third-order valence-electron chi connectivity index (χ3n) is 8.08. The second-order valence-corrected chi connectivity index (χ2v) is 10.3. The van der Waals surface area contributed by atoms with E-state index >= 15 is 0 Å². The van der Waals surface area contributed by atoms with Crippen molar-refractivity contribution in [1.29, 1.82) is 0 Å². The summed E-state index contributed by atoms with van der Waals surface area (Å²) in [7, 11) is 1.64. The fourth-order valence-electron chi connectivity index (χ4n) is 6.32. The quantitative estimate of drug-likeness (QED) is 0.602. The Morgan fingerprint density at radius 3 is 2.58 bits per heavy atom. The summed E-state index contributed by atoms with van der Waals surface area (Å²) in [6.07, 6.45) is 3.36. The third kappa shape index (κ3) is 3.60. The van der Waals surface area contributed by atoms with Gasteiger partial charge in [-0.05, 0) is 43.5 Å². The lowest BCUT2D eigenvalue weighted by atomic mass is 10.1. The molecule has 4 bridgehead atoms. The predicted molar refractivity (Wildman–Crippen MR) is 136 cm³/mol. The fourth-order valence-corrected chi connectivity index (χ4v) is 6.32. The lowest BCUT2D eigenvalue weighted by molar-refractivity contribution is 0.0700. The monoisotopic (exact) mass is 486 g/mol. The van der Waals surface area contributed by atoms with E-state index in [4.69, 9.17) is 24.4 Å². The van der Waals surface area contributed by atoms with Gasteiger partial charge in [-0.15, -0.1) is 0 Å². The Kier molecular flexibility index (Phi) is 5.28. The molecule has 0 radical (unpaired) electrons. The Labute approximate surface area is 209 Å². The smallest absolute Gasteiger partial charge is 0.251 e. The Morgan fingerprint density at radius 2 is 1.78 bits per heavy atom. The molecule has 4 atom stereocenters. The number of ether oxygens (including phenoxy) is 2. The Bertz CT molecular complexity index is 1320. The molecule has 6 heterocycles. The zero-order valence-corrected chi connectivity index (χ0v) is 20.4. The zero-order chi connectivity index (χ0) is 24.2. The van der Waals surface area contributed by atoms with E-state index in [-0.39, 0.29) is 5.91 Å². The van der Waals surface area contributed by atoms with Crippen molar-refractivity contribution in [3.63, 3.8) is 0 Å². The van der Waals surface area contributed by atoms with Crippen LogP contribution in [0.4, 0.5) is 11.8 Å². The van der Waals surface area contributed by atoms with Crippen molar-refractivity contribution in [2.24, 2.45) is 5.92 Å². The number of fused-ring (bicyclic) bond motifs is 5. The highest BCUT2D eigenvalue weighted by Crippen LogP contribution is 2.39. The van der Waals surface area contributed by atoms with Gasteiger partial charge >= 0.3 is 0 Å². The number of pyridine rings is 1. The maximum absolute atomic E-state index is 12.2. The molecule has 4 fully saturated rings. The van der Waals surface area contributed by atoms with Crippen molar-refractivity contribution in [2.75, 3.05) is 49.8 Å². The molecular formula is C27H30N6O3. The topological polar surface area (TPSA) is 92.7 Å². The average Bonchev–Trinajstić information content (AvgIpc) is 3.35. The van der Waals surface area contributed by atoms with Crippen molar-refractivity contribution in [3.05, 3.63) is 42.0 Å². The highest BCUT2D eigenvalue weighted by atomic mass is 16.5. The van der Waals surface area contributed by atoms with E-state index in [2.05, 4.69) is 21.2 Å². The number of amides is 1. The van der Waals surface area contributed by atoms with E-state index in [1.165, 1.54) is 0 Å². The van der Waals surface area contributed by atoms with Crippen LogP contribution >= 0.6 is 0 Å². The van der Waals surface area contributed by atoms with Gasteiger partial charge in [-0.25, -0.2) is 4.98 Å². The van der Waals surface area contributed by atoms with Crippen molar-refractivity contribution in [3.8, 4) is 11.3 Å². The molecule has 1 amide bonds. The summed E-state index contributed by atoms with van der Waals surface area (Å²) in [5, 5.41) is 3.65. The first-order valence-electron chi connectivity index (χ1n) is 12.9. The molecule has 0 aliphatic carbocycles. The summed E-state index contributed by atoms with van der Waals surface area (Å²) >= 11 is 0. The summed E-state index contributed by atoms with van der Waals surface area (Å²) in [5.41, 5.74) is 2.97. The molecule has 4 saturated heterocycles. The highest BCUT2D eigenvalue weighted by molar-refractivity contribution is 5.95. The number of benzene rings is 1. The maximum Gasteiger partial charge on any atom is 0.251 e. The number of anilines is 2. The molecule has 7 rings (SSSR count). The van der Waals surface area contributed by atoms with Gasteiger partial charge in [-0.1, -0.05) is 12.1 Å². The van der Waals surface area contributed by atoms with E-state index in [9.17, 15) is 4.79 Å². The molecule has 4 aliphatic rings. The molecule has 1 N–H and O–H groups in total. The van der Waals surface area contributed by atoms with Gasteiger partial charge in [0, 0.05) is 30.6 Å². The fraction of sp³-hybridized carbons (Fsp3) is 0.481. The number of carbonyl (C=O) groups is 1. The molecule has 3 aromatic rings. The normalized spacial score (nSPS) is 27.0. The molecule has 186 valence electrons. The van der Waals surface area contributed by atoms with Crippen LogP contribution in [0.15, 0.2) is 36.4 Å². The van der Waals surface area contributed by atoms with Gasteiger partial charge < -0.3 is 24.6 Å². The summed E-state index contributed by atoms with van der Waals surface area (Å²) in [5.74, 6) is 2.11. The molecule has 4 aliphatic heterocycles. The Hall–Kier alpha value is -3.30. The number of aromatic nitrogens is 3. The van der Waals surface area contributed by atoms with Crippen LogP contribution in [0.5, 0.6) is 0 Å². The second-order valence-electron chi connectivity index (χ2n) is 10.3. The van der Waals surface area contributed by atoms with Gasteiger partial charge in [-0.2, -0.15) is 9.97 Å². The number of morpholine rings is 1. The van der Waals surface area contributed by atoms with Gasteiger partial charge in [0.25, 0.3) is 5.91 Å². The molecule has 2 aromatic heterocycles. The first-order chi connectivity index (χ1) is 17.7. The lowest BCUT2D eigenvalue weighted by Crippen LogP contribution is -2.46. The van der Waals surface area contributed by atoms with E-state index in [1.54, 1.807) is 7.05 Å². The summed E-state index contributed by atoms with van der Waals surface area (Å²) in [6.45, 7) is 3.91. The van der Waals surface area contributed by atoms with Crippen molar-refractivity contribution in [2.45, 2.75) is 37.4 Å². The standard InChI is InChI=1S/C27H30N6O3/c1-28-26(34)18-4-2-3-17(10-18)23-8-7-22-24(29-23)30-27(32-11-16-9-21(32)15-35-12-16)31-25(22)33-19-5-6-20(33)14-36-13-19/h2-4,7-8,10,16,19-21H,5-6,9,11-15H2,1H3,(H,28,34). The minimum atomic E-state index is -0.116. The van der Waals surface area contributed by atoms with Crippen LogP contribution in [-0.2, 0) is 9.47 Å². The van der Waals surface area contributed by atoms with Crippen LogP contribution in [0.1, 0.15) is 29.6 Å². The van der Waals surface area contributed by atoms with Gasteiger partial charge in [0.05, 0.1) is 55.6 Å². The van der Waals surface area contributed by atoms with Crippen LogP contribution < -0.4 is 15.1 Å². The molecule has 0 saturated carbocycles.